The van der Waals surface area contributed by atoms with Crippen LogP contribution in [0.3, 0.4) is 0 Å². The molecule has 0 spiro atoms. The van der Waals surface area contributed by atoms with E-state index in [1.807, 2.05) is 61.8 Å². The minimum atomic E-state index is -0.529. The van der Waals surface area contributed by atoms with E-state index in [-0.39, 0.29) is 11.9 Å². The Morgan fingerprint density at radius 3 is 2.29 bits per heavy atom. The molecule has 0 N–H and O–H groups in total. The zero-order valence-corrected chi connectivity index (χ0v) is 18.7. The van der Waals surface area contributed by atoms with Crippen molar-refractivity contribution in [1.29, 1.82) is 0 Å². The van der Waals surface area contributed by atoms with E-state index in [2.05, 4.69) is 0 Å². The van der Waals surface area contributed by atoms with Gasteiger partial charge in [0, 0.05) is 29.9 Å². The molecule has 0 atom stereocenters. The molecule has 0 unspecified atom stereocenters. The normalized spacial score (nSPS) is 16.0. The van der Waals surface area contributed by atoms with Crippen LogP contribution in [0.25, 0.3) is 0 Å². The summed E-state index contributed by atoms with van der Waals surface area (Å²) in [7, 11) is 0. The first-order chi connectivity index (χ1) is 14.7. The number of fused-ring (bicyclic) bond motifs is 1. The maximum absolute atomic E-state index is 13.0. The van der Waals surface area contributed by atoms with Crippen molar-refractivity contribution in [3.05, 3.63) is 53.1 Å². The van der Waals surface area contributed by atoms with Gasteiger partial charge in [0.15, 0.2) is 6.73 Å². The van der Waals surface area contributed by atoms with Crippen LogP contribution in [-0.2, 0) is 4.74 Å². The van der Waals surface area contributed by atoms with E-state index in [9.17, 15) is 9.59 Å². The Labute approximate surface area is 183 Å². The average molecular weight is 423 g/mol. The molecule has 164 valence electrons. The number of piperidine rings is 1. The Bertz CT molecular complexity index is 986. The lowest BCUT2D eigenvalue weighted by molar-refractivity contribution is 0.00694. The number of hydrogen-bond acceptors (Lipinski definition) is 5. The molecule has 0 aromatic heterocycles. The van der Waals surface area contributed by atoms with Crippen molar-refractivity contribution in [2.45, 2.75) is 52.6 Å². The standard InChI is InChI=1S/C25H30N2O4/c1-17-20(23(28)26-14-6-5-7-15-26)12-13-21-22(17)30-16-27(21)19-10-8-18(9-11-19)24(29)31-25(2,3)4/h8-13H,5-7,14-16H2,1-4H3. The van der Waals surface area contributed by atoms with Crippen LogP contribution >= 0.6 is 0 Å². The molecule has 31 heavy (non-hydrogen) atoms. The van der Waals surface area contributed by atoms with Gasteiger partial charge in [-0.1, -0.05) is 0 Å². The Kier molecular flexibility index (Phi) is 5.65. The monoisotopic (exact) mass is 422 g/mol. The highest BCUT2D eigenvalue weighted by molar-refractivity contribution is 5.98. The highest BCUT2D eigenvalue weighted by Gasteiger charge is 2.28. The van der Waals surface area contributed by atoms with Gasteiger partial charge < -0.3 is 19.3 Å². The molecule has 1 amide bonds. The topological polar surface area (TPSA) is 59.1 Å². The van der Waals surface area contributed by atoms with Crippen LogP contribution in [0, 0.1) is 6.92 Å². The fourth-order valence-corrected chi connectivity index (χ4v) is 4.10. The fraction of sp³-hybridized carbons (Fsp3) is 0.440. The average Bonchev–Trinajstić information content (AvgIpc) is 3.18. The van der Waals surface area contributed by atoms with Gasteiger partial charge in [-0.05, 0) is 83.4 Å². The summed E-state index contributed by atoms with van der Waals surface area (Å²) < 4.78 is 11.4. The molecule has 2 aromatic rings. The second kappa shape index (κ2) is 8.25. The van der Waals surface area contributed by atoms with Gasteiger partial charge in [0.2, 0.25) is 0 Å². The van der Waals surface area contributed by atoms with E-state index in [4.69, 9.17) is 9.47 Å². The second-order valence-electron chi connectivity index (χ2n) is 9.19. The zero-order valence-electron chi connectivity index (χ0n) is 18.7. The highest BCUT2D eigenvalue weighted by atomic mass is 16.6. The van der Waals surface area contributed by atoms with Gasteiger partial charge >= 0.3 is 5.97 Å². The Morgan fingerprint density at radius 1 is 0.968 bits per heavy atom. The molecule has 2 aliphatic heterocycles. The molecular formula is C25H30N2O4. The summed E-state index contributed by atoms with van der Waals surface area (Å²) >= 11 is 0. The summed E-state index contributed by atoms with van der Waals surface area (Å²) in [4.78, 5) is 29.2. The smallest absolute Gasteiger partial charge is 0.338 e. The lowest BCUT2D eigenvalue weighted by Crippen LogP contribution is -2.35. The number of carbonyl (C=O) groups excluding carboxylic acids is 2. The number of rotatable bonds is 3. The SMILES string of the molecule is Cc1c(C(=O)N2CCCCC2)ccc2c1OCN2c1ccc(C(=O)OC(C)(C)C)cc1. The van der Waals surface area contributed by atoms with Crippen molar-refractivity contribution < 1.29 is 19.1 Å². The molecule has 6 heteroatoms. The maximum Gasteiger partial charge on any atom is 0.338 e. The van der Waals surface area contributed by atoms with Crippen molar-refractivity contribution in [1.82, 2.24) is 4.90 Å². The number of benzene rings is 2. The molecule has 2 aromatic carbocycles. The molecule has 1 fully saturated rings. The molecule has 2 heterocycles. The molecule has 1 saturated heterocycles. The first-order valence-electron chi connectivity index (χ1n) is 10.9. The molecule has 4 rings (SSSR count). The van der Waals surface area contributed by atoms with Crippen molar-refractivity contribution in [2.75, 3.05) is 24.7 Å². The van der Waals surface area contributed by atoms with Crippen molar-refractivity contribution in [2.24, 2.45) is 0 Å². The molecule has 0 saturated carbocycles. The summed E-state index contributed by atoms with van der Waals surface area (Å²) in [5.74, 6) is 0.497. The highest BCUT2D eigenvalue weighted by Crippen LogP contribution is 2.42. The van der Waals surface area contributed by atoms with Crippen molar-refractivity contribution in [3.63, 3.8) is 0 Å². The summed E-state index contributed by atoms with van der Waals surface area (Å²) in [6, 6.07) is 11.2. The maximum atomic E-state index is 13.0. The van der Waals surface area contributed by atoms with E-state index < -0.39 is 5.60 Å². The van der Waals surface area contributed by atoms with Gasteiger partial charge in [0.05, 0.1) is 11.3 Å². The van der Waals surface area contributed by atoms with E-state index >= 15 is 0 Å². The van der Waals surface area contributed by atoms with Crippen LogP contribution in [0.4, 0.5) is 11.4 Å². The number of likely N-dealkylation sites (tertiary alicyclic amines) is 1. The van der Waals surface area contributed by atoms with Crippen molar-refractivity contribution >= 4 is 23.3 Å². The van der Waals surface area contributed by atoms with Crippen LogP contribution in [0.15, 0.2) is 36.4 Å². The van der Waals surface area contributed by atoms with Crippen LogP contribution < -0.4 is 9.64 Å². The van der Waals surface area contributed by atoms with Gasteiger partial charge in [0.1, 0.15) is 11.4 Å². The Balaban J connectivity index is 1.54. The summed E-state index contributed by atoms with van der Waals surface area (Å²) in [6.07, 6.45) is 3.33. The minimum absolute atomic E-state index is 0.0868. The number of anilines is 2. The first kappa shape index (κ1) is 21.2. The van der Waals surface area contributed by atoms with Gasteiger partial charge in [-0.25, -0.2) is 4.79 Å². The molecule has 0 bridgehead atoms. The van der Waals surface area contributed by atoms with Gasteiger partial charge in [-0.15, -0.1) is 0 Å². The Morgan fingerprint density at radius 2 is 1.65 bits per heavy atom. The third kappa shape index (κ3) is 4.38. The van der Waals surface area contributed by atoms with E-state index in [1.54, 1.807) is 12.1 Å². The third-order valence-corrected chi connectivity index (χ3v) is 5.70. The number of hydrogen-bond donors (Lipinski definition) is 0. The van der Waals surface area contributed by atoms with Crippen LogP contribution in [0.2, 0.25) is 0 Å². The number of amides is 1. The number of carbonyl (C=O) groups is 2. The van der Waals surface area contributed by atoms with E-state index in [0.717, 1.165) is 48.6 Å². The number of ether oxygens (including phenoxy) is 2. The first-order valence-corrected chi connectivity index (χ1v) is 10.9. The number of nitrogens with zero attached hydrogens (tertiary/aromatic N) is 2. The predicted octanol–water partition coefficient (Wildman–Crippen LogP) is 5.06. The van der Waals surface area contributed by atoms with Gasteiger partial charge in [-0.3, -0.25) is 4.79 Å². The molecular weight excluding hydrogens is 392 g/mol. The summed E-state index contributed by atoms with van der Waals surface area (Å²) in [5, 5.41) is 0. The van der Waals surface area contributed by atoms with Gasteiger partial charge in [-0.2, -0.15) is 0 Å². The minimum Gasteiger partial charge on any atom is -0.470 e. The van der Waals surface area contributed by atoms with E-state index in [0.29, 0.717) is 17.9 Å². The molecule has 6 nitrogen and oxygen atoms in total. The zero-order chi connectivity index (χ0) is 22.2. The quantitative estimate of drug-likeness (QED) is 0.647. The molecule has 2 aliphatic rings. The summed E-state index contributed by atoms with van der Waals surface area (Å²) in [5.41, 5.74) is 3.41. The lowest BCUT2D eigenvalue weighted by Gasteiger charge is -2.27. The van der Waals surface area contributed by atoms with Crippen LogP contribution in [0.1, 0.15) is 66.3 Å². The largest absolute Gasteiger partial charge is 0.470 e. The summed E-state index contributed by atoms with van der Waals surface area (Å²) in [6.45, 7) is 9.52. The lowest BCUT2D eigenvalue weighted by atomic mass is 10.0. The van der Waals surface area contributed by atoms with Gasteiger partial charge in [0.25, 0.3) is 5.91 Å². The van der Waals surface area contributed by atoms with Crippen LogP contribution in [0.5, 0.6) is 5.75 Å². The predicted molar refractivity (Wildman–Crippen MR) is 120 cm³/mol. The molecule has 0 radical (unpaired) electrons. The molecule has 0 aliphatic carbocycles. The second-order valence-corrected chi connectivity index (χ2v) is 9.19. The van der Waals surface area contributed by atoms with Crippen LogP contribution in [-0.4, -0.2) is 42.2 Å². The third-order valence-electron chi connectivity index (χ3n) is 5.70. The number of esters is 1. The Hall–Kier alpha value is -3.02. The fourth-order valence-electron chi connectivity index (χ4n) is 4.10. The van der Waals surface area contributed by atoms with Crippen molar-refractivity contribution in [3.8, 4) is 5.75 Å². The van der Waals surface area contributed by atoms with E-state index in [1.165, 1.54) is 6.42 Å².